The number of amides is 1. The lowest BCUT2D eigenvalue weighted by Crippen LogP contribution is -2.41. The Balaban J connectivity index is 1.17. The third-order valence-corrected chi connectivity index (χ3v) is 6.69. The summed E-state index contributed by atoms with van der Waals surface area (Å²) < 4.78 is 6.62. The Morgan fingerprint density at radius 2 is 1.91 bits per heavy atom. The number of hydrogen-bond donors (Lipinski definition) is 1. The maximum absolute atomic E-state index is 12.7. The van der Waals surface area contributed by atoms with Crippen molar-refractivity contribution in [2.75, 3.05) is 19.6 Å². The van der Waals surface area contributed by atoms with Gasteiger partial charge in [0, 0.05) is 38.3 Å². The molecule has 2 aliphatic heterocycles. The summed E-state index contributed by atoms with van der Waals surface area (Å²) in [5.74, 6) is -0.937. The van der Waals surface area contributed by atoms with Gasteiger partial charge in [-0.15, -0.1) is 11.3 Å². The SMILES string of the molecule is O=C(O)c1ccc(CN2C=NC3=C(C2)CN(C(=O)OCc2nc4ccccc4s2)CC3)cc1. The molecule has 1 aromatic heterocycles. The van der Waals surface area contributed by atoms with Gasteiger partial charge < -0.3 is 19.6 Å². The van der Waals surface area contributed by atoms with Gasteiger partial charge in [0.05, 0.1) is 22.1 Å². The molecular weight excluding hydrogens is 440 g/mol. The van der Waals surface area contributed by atoms with E-state index in [0.717, 1.165) is 32.1 Å². The smallest absolute Gasteiger partial charge is 0.410 e. The molecule has 1 N–H and O–H groups in total. The fourth-order valence-corrected chi connectivity index (χ4v) is 4.87. The number of hydrogen-bond acceptors (Lipinski definition) is 7. The quantitative estimate of drug-likeness (QED) is 0.613. The highest BCUT2D eigenvalue weighted by atomic mass is 32.1. The van der Waals surface area contributed by atoms with E-state index in [1.165, 1.54) is 11.3 Å². The van der Waals surface area contributed by atoms with E-state index in [4.69, 9.17) is 9.84 Å². The average Bonchev–Trinajstić information content (AvgIpc) is 3.25. The fourth-order valence-electron chi connectivity index (χ4n) is 3.99. The zero-order chi connectivity index (χ0) is 22.8. The number of carboxylic acid groups (broad SMARTS) is 1. The minimum absolute atomic E-state index is 0.164. The van der Waals surface area contributed by atoms with Crippen molar-refractivity contribution in [3.63, 3.8) is 0 Å². The molecule has 0 bridgehead atoms. The Bertz CT molecular complexity index is 1230. The van der Waals surface area contributed by atoms with Crippen LogP contribution in [0.25, 0.3) is 10.2 Å². The van der Waals surface area contributed by atoms with Crippen LogP contribution in [0.2, 0.25) is 0 Å². The topological polar surface area (TPSA) is 95.3 Å². The average molecular weight is 463 g/mol. The number of aliphatic imine (C=N–C) groups is 1. The molecule has 0 fully saturated rings. The molecule has 8 nitrogen and oxygen atoms in total. The molecule has 0 atom stereocenters. The molecule has 0 saturated carbocycles. The summed E-state index contributed by atoms with van der Waals surface area (Å²) in [7, 11) is 0. The Hall–Kier alpha value is -3.72. The molecule has 33 heavy (non-hydrogen) atoms. The lowest BCUT2D eigenvalue weighted by molar-refractivity contribution is 0.0696. The number of ether oxygens (including phenoxy) is 1. The number of carbonyl (C=O) groups is 2. The first-order chi connectivity index (χ1) is 16.0. The summed E-state index contributed by atoms with van der Waals surface area (Å²) in [6, 6.07) is 14.7. The number of aromatic nitrogens is 1. The standard InChI is InChI=1S/C24H22N4O4S/c29-23(30)17-7-5-16(6-8-17)11-27-12-18-13-28(10-9-19(18)25-15-27)24(31)32-14-22-26-20-3-1-2-4-21(20)33-22/h1-8,15H,9-14H2,(H,29,30). The third kappa shape index (κ3) is 4.73. The highest BCUT2D eigenvalue weighted by molar-refractivity contribution is 7.18. The first kappa shape index (κ1) is 21.1. The fraction of sp³-hybridized carbons (Fsp3) is 0.250. The van der Waals surface area contributed by atoms with Gasteiger partial charge in [-0.2, -0.15) is 0 Å². The summed E-state index contributed by atoms with van der Waals surface area (Å²) in [6.45, 7) is 2.51. The highest BCUT2D eigenvalue weighted by Gasteiger charge is 2.26. The van der Waals surface area contributed by atoms with Crippen LogP contribution in [0.5, 0.6) is 0 Å². The number of fused-ring (bicyclic) bond motifs is 1. The van der Waals surface area contributed by atoms with Crippen LogP contribution in [0.1, 0.15) is 27.3 Å². The van der Waals surface area contributed by atoms with Crippen LogP contribution in [0.4, 0.5) is 4.79 Å². The molecule has 3 heterocycles. The highest BCUT2D eigenvalue weighted by Crippen LogP contribution is 2.25. The number of rotatable bonds is 5. The van der Waals surface area contributed by atoms with Crippen LogP contribution >= 0.6 is 11.3 Å². The van der Waals surface area contributed by atoms with Crippen molar-refractivity contribution in [2.45, 2.75) is 19.6 Å². The summed E-state index contributed by atoms with van der Waals surface area (Å²) in [4.78, 5) is 36.6. The number of para-hydroxylation sites is 1. The van der Waals surface area contributed by atoms with Crippen molar-refractivity contribution in [2.24, 2.45) is 4.99 Å². The number of carboxylic acids is 1. The second kappa shape index (κ2) is 9.03. The monoisotopic (exact) mass is 462 g/mol. The molecule has 2 aromatic carbocycles. The molecule has 2 aliphatic rings. The van der Waals surface area contributed by atoms with Crippen molar-refractivity contribution in [1.82, 2.24) is 14.8 Å². The summed E-state index contributed by atoms with van der Waals surface area (Å²) in [5.41, 5.74) is 4.31. The number of nitrogens with zero attached hydrogens (tertiary/aromatic N) is 4. The zero-order valence-corrected chi connectivity index (χ0v) is 18.6. The normalized spacial score (nSPS) is 15.6. The maximum Gasteiger partial charge on any atom is 0.410 e. The van der Waals surface area contributed by atoms with Gasteiger partial charge in [0.15, 0.2) is 0 Å². The Morgan fingerprint density at radius 3 is 2.70 bits per heavy atom. The van der Waals surface area contributed by atoms with Gasteiger partial charge in [-0.05, 0) is 35.4 Å². The minimum Gasteiger partial charge on any atom is -0.478 e. The van der Waals surface area contributed by atoms with Gasteiger partial charge >= 0.3 is 12.1 Å². The summed E-state index contributed by atoms with van der Waals surface area (Å²) >= 11 is 1.53. The Morgan fingerprint density at radius 1 is 1.09 bits per heavy atom. The third-order valence-electron chi connectivity index (χ3n) is 5.68. The molecule has 5 rings (SSSR count). The lowest BCUT2D eigenvalue weighted by Gasteiger charge is -2.34. The van der Waals surface area contributed by atoms with E-state index in [0.29, 0.717) is 32.6 Å². The van der Waals surface area contributed by atoms with Crippen LogP contribution < -0.4 is 0 Å². The molecule has 9 heteroatoms. The predicted molar refractivity (Wildman–Crippen MR) is 125 cm³/mol. The molecule has 0 radical (unpaired) electrons. The molecule has 0 unspecified atom stereocenters. The molecule has 1 amide bonds. The summed E-state index contributed by atoms with van der Waals surface area (Å²) in [5, 5.41) is 9.83. The van der Waals surface area contributed by atoms with Gasteiger partial charge in [0.1, 0.15) is 11.6 Å². The largest absolute Gasteiger partial charge is 0.478 e. The minimum atomic E-state index is -0.937. The van der Waals surface area contributed by atoms with E-state index in [2.05, 4.69) is 14.9 Å². The van der Waals surface area contributed by atoms with Gasteiger partial charge in [-0.1, -0.05) is 24.3 Å². The molecule has 3 aromatic rings. The van der Waals surface area contributed by atoms with E-state index in [-0.39, 0.29) is 18.3 Å². The van der Waals surface area contributed by atoms with Crippen LogP contribution in [0.3, 0.4) is 0 Å². The zero-order valence-electron chi connectivity index (χ0n) is 17.8. The van der Waals surface area contributed by atoms with Gasteiger partial charge in [0.2, 0.25) is 0 Å². The lowest BCUT2D eigenvalue weighted by atomic mass is 10.0. The molecular formula is C24H22N4O4S. The number of carbonyl (C=O) groups excluding carboxylic acids is 1. The summed E-state index contributed by atoms with van der Waals surface area (Å²) in [6.07, 6.45) is 2.18. The van der Waals surface area contributed by atoms with Crippen molar-refractivity contribution in [3.05, 3.63) is 75.9 Å². The first-order valence-corrected chi connectivity index (χ1v) is 11.4. The Kier molecular flexibility index (Phi) is 5.78. The maximum atomic E-state index is 12.7. The van der Waals surface area contributed by atoms with Gasteiger partial charge in [-0.3, -0.25) is 0 Å². The molecule has 0 aliphatic carbocycles. The van der Waals surface area contributed by atoms with E-state index in [1.807, 2.05) is 42.7 Å². The van der Waals surface area contributed by atoms with Crippen molar-refractivity contribution in [1.29, 1.82) is 0 Å². The van der Waals surface area contributed by atoms with Crippen molar-refractivity contribution >= 4 is 40.0 Å². The number of benzene rings is 2. The van der Waals surface area contributed by atoms with E-state index < -0.39 is 5.97 Å². The second-order valence-corrected chi connectivity index (χ2v) is 9.12. The van der Waals surface area contributed by atoms with E-state index in [1.54, 1.807) is 17.0 Å². The van der Waals surface area contributed by atoms with E-state index in [9.17, 15) is 9.59 Å². The van der Waals surface area contributed by atoms with Crippen LogP contribution in [0, 0.1) is 0 Å². The van der Waals surface area contributed by atoms with Crippen LogP contribution in [-0.2, 0) is 17.9 Å². The van der Waals surface area contributed by atoms with Crippen LogP contribution in [0.15, 0.2) is 64.8 Å². The predicted octanol–water partition coefficient (Wildman–Crippen LogP) is 4.14. The van der Waals surface area contributed by atoms with Crippen molar-refractivity contribution in [3.8, 4) is 0 Å². The van der Waals surface area contributed by atoms with Crippen LogP contribution in [-0.4, -0.2) is 57.9 Å². The molecule has 168 valence electrons. The number of aromatic carboxylic acids is 1. The Labute approximate surface area is 194 Å². The van der Waals surface area contributed by atoms with Gasteiger partial charge in [-0.25, -0.2) is 19.6 Å². The van der Waals surface area contributed by atoms with E-state index >= 15 is 0 Å². The van der Waals surface area contributed by atoms with Gasteiger partial charge in [0.25, 0.3) is 0 Å². The van der Waals surface area contributed by atoms with Crippen molar-refractivity contribution < 1.29 is 19.4 Å². The molecule has 0 spiro atoms. The second-order valence-electron chi connectivity index (χ2n) is 8.00. The number of thiazole rings is 1. The first-order valence-electron chi connectivity index (χ1n) is 10.6. The molecule has 0 saturated heterocycles.